The van der Waals surface area contributed by atoms with Crippen LogP contribution in [-0.2, 0) is 11.2 Å². The van der Waals surface area contributed by atoms with E-state index in [2.05, 4.69) is 46.9 Å². The molecule has 2 aromatic rings. The van der Waals surface area contributed by atoms with Crippen molar-refractivity contribution < 1.29 is 4.79 Å². The van der Waals surface area contributed by atoms with Gasteiger partial charge in [0.1, 0.15) is 5.82 Å². The van der Waals surface area contributed by atoms with Crippen LogP contribution in [0, 0.1) is 13.8 Å². The minimum atomic E-state index is -0.0312. The number of nitrogens with zero attached hydrogens (tertiary/aromatic N) is 3. The average Bonchev–Trinajstić information content (AvgIpc) is 2.87. The molecule has 1 N–H and O–H groups in total. The molecule has 0 unspecified atom stereocenters. The first-order valence-electron chi connectivity index (χ1n) is 7.85. The number of carbonyl (C=O) groups is 1. The van der Waals surface area contributed by atoms with Gasteiger partial charge in [-0.1, -0.05) is 24.8 Å². The highest BCUT2D eigenvalue weighted by Crippen LogP contribution is 2.22. The molecule has 1 aromatic carbocycles. The summed E-state index contributed by atoms with van der Waals surface area (Å²) in [6.45, 7) is 10.3. The van der Waals surface area contributed by atoms with Gasteiger partial charge in [-0.25, -0.2) is 0 Å². The fourth-order valence-electron chi connectivity index (χ4n) is 2.54. The Balaban J connectivity index is 2.01. The minimum Gasteiger partial charge on any atom is -0.325 e. The van der Waals surface area contributed by atoms with Gasteiger partial charge in [-0.15, -0.1) is 10.2 Å². The van der Waals surface area contributed by atoms with Gasteiger partial charge < -0.3 is 9.88 Å². The third kappa shape index (κ3) is 4.58. The van der Waals surface area contributed by atoms with E-state index in [1.165, 1.54) is 11.8 Å². The Bertz CT molecular complexity index is 674. The number of aryl methyl sites for hydroxylation is 3. The monoisotopic (exact) mass is 332 g/mol. The van der Waals surface area contributed by atoms with Crippen LogP contribution in [0.2, 0.25) is 0 Å². The number of benzene rings is 1. The minimum absolute atomic E-state index is 0.0312. The van der Waals surface area contributed by atoms with Gasteiger partial charge in [0.15, 0.2) is 5.16 Å². The molecule has 124 valence electrons. The Hall–Kier alpha value is -1.82. The van der Waals surface area contributed by atoms with Crippen molar-refractivity contribution in [1.82, 2.24) is 14.8 Å². The standard InChI is InChI=1S/C17H24N4OS/c1-6-15-19-20-17(21(15)11(2)3)23-10-16(22)18-14-8-12(4)7-13(5)9-14/h7-9,11H,6,10H2,1-5H3,(H,18,22). The first kappa shape index (κ1) is 17.5. The highest BCUT2D eigenvalue weighted by atomic mass is 32.2. The van der Waals surface area contributed by atoms with Gasteiger partial charge in [0, 0.05) is 18.2 Å². The van der Waals surface area contributed by atoms with Crippen LogP contribution in [0.15, 0.2) is 23.4 Å². The van der Waals surface area contributed by atoms with Gasteiger partial charge in [0.2, 0.25) is 5.91 Å². The van der Waals surface area contributed by atoms with E-state index >= 15 is 0 Å². The number of nitrogens with one attached hydrogen (secondary N) is 1. The number of hydrogen-bond acceptors (Lipinski definition) is 4. The maximum atomic E-state index is 12.2. The molecule has 0 saturated carbocycles. The Labute approximate surface area is 141 Å². The molecule has 0 aliphatic carbocycles. The highest BCUT2D eigenvalue weighted by Gasteiger charge is 2.15. The van der Waals surface area contributed by atoms with Crippen LogP contribution in [-0.4, -0.2) is 26.4 Å². The van der Waals surface area contributed by atoms with E-state index in [4.69, 9.17) is 0 Å². The van der Waals surface area contributed by atoms with E-state index in [1.807, 2.05) is 26.0 Å². The molecular formula is C17H24N4OS. The van der Waals surface area contributed by atoms with Gasteiger partial charge in [-0.05, 0) is 51.0 Å². The Morgan fingerprint density at radius 1 is 1.22 bits per heavy atom. The number of hydrogen-bond donors (Lipinski definition) is 1. The fourth-order valence-corrected chi connectivity index (χ4v) is 3.43. The molecule has 0 aliphatic rings. The van der Waals surface area contributed by atoms with Gasteiger partial charge in [-0.3, -0.25) is 4.79 Å². The lowest BCUT2D eigenvalue weighted by atomic mass is 10.1. The van der Waals surface area contributed by atoms with Crippen LogP contribution in [0.3, 0.4) is 0 Å². The summed E-state index contributed by atoms with van der Waals surface area (Å²) >= 11 is 1.42. The largest absolute Gasteiger partial charge is 0.325 e. The van der Waals surface area contributed by atoms with Crippen molar-refractivity contribution in [2.75, 3.05) is 11.1 Å². The lowest BCUT2D eigenvalue weighted by Gasteiger charge is -2.13. The predicted molar refractivity (Wildman–Crippen MR) is 95.1 cm³/mol. The normalized spacial score (nSPS) is 11.0. The maximum absolute atomic E-state index is 12.2. The number of carbonyl (C=O) groups excluding carboxylic acids is 1. The van der Waals surface area contributed by atoms with Crippen molar-refractivity contribution in [1.29, 1.82) is 0 Å². The summed E-state index contributed by atoms with van der Waals surface area (Å²) in [5.41, 5.74) is 3.12. The van der Waals surface area contributed by atoms with Crippen molar-refractivity contribution in [3.63, 3.8) is 0 Å². The van der Waals surface area contributed by atoms with E-state index in [0.717, 1.165) is 34.2 Å². The molecule has 0 fully saturated rings. The molecule has 2 rings (SSSR count). The van der Waals surface area contributed by atoms with Crippen molar-refractivity contribution in [2.45, 2.75) is 52.2 Å². The van der Waals surface area contributed by atoms with E-state index in [-0.39, 0.29) is 11.9 Å². The van der Waals surface area contributed by atoms with E-state index in [1.54, 1.807) is 0 Å². The Morgan fingerprint density at radius 3 is 2.43 bits per heavy atom. The van der Waals surface area contributed by atoms with Gasteiger partial charge in [0.25, 0.3) is 0 Å². The van der Waals surface area contributed by atoms with Crippen LogP contribution in [0.25, 0.3) is 0 Å². The summed E-state index contributed by atoms with van der Waals surface area (Å²) in [5.74, 6) is 1.25. The average molecular weight is 332 g/mol. The molecule has 1 aromatic heterocycles. The lowest BCUT2D eigenvalue weighted by molar-refractivity contribution is -0.113. The van der Waals surface area contributed by atoms with Crippen LogP contribution in [0.5, 0.6) is 0 Å². The number of aromatic nitrogens is 3. The Morgan fingerprint density at radius 2 is 1.87 bits per heavy atom. The molecule has 0 radical (unpaired) electrons. The second-order valence-corrected chi connectivity index (χ2v) is 6.87. The fraction of sp³-hybridized carbons (Fsp3) is 0.471. The second kappa shape index (κ2) is 7.64. The SMILES string of the molecule is CCc1nnc(SCC(=O)Nc2cc(C)cc(C)c2)n1C(C)C. The summed E-state index contributed by atoms with van der Waals surface area (Å²) < 4.78 is 2.09. The summed E-state index contributed by atoms with van der Waals surface area (Å²) in [4.78, 5) is 12.2. The Kier molecular flexibility index (Phi) is 5.82. The van der Waals surface area contributed by atoms with Gasteiger partial charge in [-0.2, -0.15) is 0 Å². The summed E-state index contributed by atoms with van der Waals surface area (Å²) in [5, 5.41) is 12.2. The van der Waals surface area contributed by atoms with Crippen LogP contribution < -0.4 is 5.32 Å². The third-order valence-corrected chi connectivity index (χ3v) is 4.35. The zero-order valence-electron chi connectivity index (χ0n) is 14.4. The first-order chi connectivity index (χ1) is 10.9. The molecule has 1 heterocycles. The summed E-state index contributed by atoms with van der Waals surface area (Å²) in [6, 6.07) is 6.31. The molecule has 0 atom stereocenters. The van der Waals surface area contributed by atoms with Crippen LogP contribution in [0.1, 0.15) is 43.8 Å². The number of anilines is 1. The molecule has 0 bridgehead atoms. The smallest absolute Gasteiger partial charge is 0.234 e. The van der Waals surface area contributed by atoms with Crippen molar-refractivity contribution >= 4 is 23.4 Å². The van der Waals surface area contributed by atoms with E-state index in [9.17, 15) is 4.79 Å². The summed E-state index contributed by atoms with van der Waals surface area (Å²) in [7, 11) is 0. The highest BCUT2D eigenvalue weighted by molar-refractivity contribution is 7.99. The quantitative estimate of drug-likeness (QED) is 0.818. The topological polar surface area (TPSA) is 59.8 Å². The third-order valence-electron chi connectivity index (χ3n) is 3.41. The lowest BCUT2D eigenvalue weighted by Crippen LogP contribution is -2.15. The zero-order chi connectivity index (χ0) is 17.0. The molecule has 6 heteroatoms. The molecule has 1 amide bonds. The number of thioether (sulfide) groups is 1. The van der Waals surface area contributed by atoms with Gasteiger partial charge >= 0.3 is 0 Å². The van der Waals surface area contributed by atoms with E-state index < -0.39 is 0 Å². The first-order valence-corrected chi connectivity index (χ1v) is 8.84. The molecule has 23 heavy (non-hydrogen) atoms. The second-order valence-electron chi connectivity index (χ2n) is 5.93. The maximum Gasteiger partial charge on any atom is 0.234 e. The van der Waals surface area contributed by atoms with Crippen LogP contribution in [0.4, 0.5) is 5.69 Å². The van der Waals surface area contributed by atoms with Crippen molar-refractivity contribution in [3.8, 4) is 0 Å². The number of rotatable bonds is 6. The molecular weight excluding hydrogens is 308 g/mol. The molecule has 0 saturated heterocycles. The number of amides is 1. The molecule has 5 nitrogen and oxygen atoms in total. The van der Waals surface area contributed by atoms with Crippen LogP contribution >= 0.6 is 11.8 Å². The molecule has 0 spiro atoms. The van der Waals surface area contributed by atoms with Crippen molar-refractivity contribution in [2.24, 2.45) is 0 Å². The predicted octanol–water partition coefficient (Wildman–Crippen LogP) is 3.77. The zero-order valence-corrected chi connectivity index (χ0v) is 15.2. The van der Waals surface area contributed by atoms with E-state index in [0.29, 0.717) is 5.75 Å². The summed E-state index contributed by atoms with van der Waals surface area (Å²) in [6.07, 6.45) is 0.834. The molecule has 0 aliphatic heterocycles. The van der Waals surface area contributed by atoms with Gasteiger partial charge in [0.05, 0.1) is 5.75 Å². The van der Waals surface area contributed by atoms with Crippen molar-refractivity contribution in [3.05, 3.63) is 35.2 Å².